The van der Waals surface area contributed by atoms with E-state index in [0.29, 0.717) is 0 Å². The molecule has 0 amide bonds. The summed E-state index contributed by atoms with van der Waals surface area (Å²) in [5, 5.41) is 14.5. The van der Waals surface area contributed by atoms with Crippen LogP contribution in [0.25, 0.3) is 6.08 Å². The normalized spacial score (nSPS) is 10.3. The van der Waals surface area contributed by atoms with Gasteiger partial charge in [0.1, 0.15) is 0 Å². The standard InChI is InChI=1S/C9H8.C2N2/c1-2-5-9-7-3-6-8(9)4-1;3-1-2-4/h1-6H,7H2;. The minimum atomic E-state index is 1.12. The molecule has 2 heteroatoms. The van der Waals surface area contributed by atoms with Gasteiger partial charge in [-0.05, 0) is 17.5 Å². The number of nitriles is 2. The highest BCUT2D eigenvalue weighted by Gasteiger charge is 2.00. The molecule has 2 nitrogen and oxygen atoms in total. The van der Waals surface area contributed by atoms with Crippen LogP contribution in [0.1, 0.15) is 11.1 Å². The zero-order chi connectivity index (χ0) is 9.52. The minimum absolute atomic E-state index is 1.12. The highest BCUT2D eigenvalue weighted by molar-refractivity contribution is 5.59. The predicted octanol–water partition coefficient (Wildman–Crippen LogP) is 2.29. The van der Waals surface area contributed by atoms with E-state index in [1.807, 2.05) is 0 Å². The monoisotopic (exact) mass is 168 g/mol. The molecular weight excluding hydrogens is 160 g/mol. The maximum Gasteiger partial charge on any atom is 0.181 e. The first kappa shape index (κ1) is 9.03. The fourth-order valence-electron chi connectivity index (χ4n) is 1.20. The number of allylic oxidation sites excluding steroid dienone is 1. The van der Waals surface area contributed by atoms with Crippen molar-refractivity contribution in [2.75, 3.05) is 0 Å². The van der Waals surface area contributed by atoms with Crippen LogP contribution in [0.5, 0.6) is 0 Å². The molecule has 0 saturated heterocycles. The lowest BCUT2D eigenvalue weighted by atomic mass is 10.1. The Morgan fingerprint density at radius 3 is 2.38 bits per heavy atom. The van der Waals surface area contributed by atoms with Crippen molar-refractivity contribution in [1.29, 1.82) is 10.5 Å². The third kappa shape index (κ3) is 2.47. The first-order valence-electron chi connectivity index (χ1n) is 3.91. The number of rotatable bonds is 0. The highest BCUT2D eigenvalue weighted by Crippen LogP contribution is 2.17. The molecule has 0 saturated carbocycles. The van der Waals surface area contributed by atoms with Crippen LogP contribution in [0.3, 0.4) is 0 Å². The van der Waals surface area contributed by atoms with Crippen LogP contribution in [-0.4, -0.2) is 0 Å². The van der Waals surface area contributed by atoms with Gasteiger partial charge in [0.2, 0.25) is 0 Å². The lowest BCUT2D eigenvalue weighted by molar-refractivity contribution is 1.31. The number of nitrogens with zero attached hydrogens (tertiary/aromatic N) is 2. The molecule has 1 aliphatic rings. The summed E-state index contributed by atoms with van der Waals surface area (Å²) in [5.41, 5.74) is 2.84. The van der Waals surface area contributed by atoms with Gasteiger partial charge in [0, 0.05) is 0 Å². The van der Waals surface area contributed by atoms with Crippen molar-refractivity contribution in [2.45, 2.75) is 6.42 Å². The predicted molar refractivity (Wildman–Crippen MR) is 50.4 cm³/mol. The lowest BCUT2D eigenvalue weighted by Crippen LogP contribution is -1.76. The molecule has 0 spiro atoms. The quantitative estimate of drug-likeness (QED) is 0.596. The van der Waals surface area contributed by atoms with Crippen molar-refractivity contribution in [2.24, 2.45) is 0 Å². The highest BCUT2D eigenvalue weighted by atomic mass is 14.3. The Labute approximate surface area is 77.4 Å². The van der Waals surface area contributed by atoms with E-state index in [2.05, 4.69) is 36.4 Å². The number of hydrogen-bond donors (Lipinski definition) is 0. The SMILES string of the molecule is C1=Cc2ccccc2C1.N#CC#N. The second kappa shape index (κ2) is 4.74. The molecule has 0 aromatic heterocycles. The van der Waals surface area contributed by atoms with Gasteiger partial charge in [-0.15, -0.1) is 0 Å². The number of benzene rings is 1. The Morgan fingerprint density at radius 1 is 1.08 bits per heavy atom. The zero-order valence-corrected chi connectivity index (χ0v) is 7.07. The van der Waals surface area contributed by atoms with Crippen LogP contribution in [-0.2, 0) is 6.42 Å². The molecule has 0 N–H and O–H groups in total. The molecular formula is C11H8N2. The van der Waals surface area contributed by atoms with E-state index >= 15 is 0 Å². The molecule has 1 aromatic carbocycles. The molecule has 13 heavy (non-hydrogen) atoms. The molecule has 1 aromatic rings. The van der Waals surface area contributed by atoms with Crippen molar-refractivity contribution in [3.63, 3.8) is 0 Å². The van der Waals surface area contributed by atoms with E-state index in [1.54, 1.807) is 0 Å². The molecule has 0 heterocycles. The zero-order valence-electron chi connectivity index (χ0n) is 7.07. The number of hydrogen-bond acceptors (Lipinski definition) is 2. The van der Waals surface area contributed by atoms with Crippen LogP contribution in [0.15, 0.2) is 30.3 Å². The van der Waals surface area contributed by atoms with Gasteiger partial charge >= 0.3 is 0 Å². The van der Waals surface area contributed by atoms with Crippen molar-refractivity contribution >= 4 is 6.08 Å². The van der Waals surface area contributed by atoms with Gasteiger partial charge in [-0.2, -0.15) is 10.5 Å². The molecule has 0 radical (unpaired) electrons. The molecule has 1 aliphatic carbocycles. The summed E-state index contributed by atoms with van der Waals surface area (Å²) in [6, 6.07) is 11.0. The van der Waals surface area contributed by atoms with E-state index < -0.39 is 0 Å². The lowest BCUT2D eigenvalue weighted by Gasteiger charge is -1.93. The Bertz CT molecular complexity index is 379. The number of fused-ring (bicyclic) bond motifs is 1. The third-order valence-electron chi connectivity index (χ3n) is 1.74. The van der Waals surface area contributed by atoms with Gasteiger partial charge in [-0.1, -0.05) is 36.4 Å². The Hall–Kier alpha value is -2.06. The average molecular weight is 168 g/mol. The maximum atomic E-state index is 7.26. The van der Waals surface area contributed by atoms with Gasteiger partial charge < -0.3 is 0 Å². The maximum absolute atomic E-state index is 7.26. The third-order valence-corrected chi connectivity index (χ3v) is 1.74. The van der Waals surface area contributed by atoms with Gasteiger partial charge in [0.25, 0.3) is 0 Å². The van der Waals surface area contributed by atoms with Crippen LogP contribution < -0.4 is 0 Å². The average Bonchev–Trinajstić information content (AvgIpc) is 2.66. The largest absolute Gasteiger partial charge is 0.181 e. The molecule has 0 atom stereocenters. The van der Waals surface area contributed by atoms with Gasteiger partial charge in [-0.3, -0.25) is 0 Å². The summed E-state index contributed by atoms with van der Waals surface area (Å²) < 4.78 is 0. The summed E-state index contributed by atoms with van der Waals surface area (Å²) >= 11 is 0. The molecule has 0 fully saturated rings. The van der Waals surface area contributed by atoms with Crippen molar-refractivity contribution in [1.82, 2.24) is 0 Å². The summed E-state index contributed by atoms with van der Waals surface area (Å²) in [6.45, 7) is 0. The van der Waals surface area contributed by atoms with E-state index in [9.17, 15) is 0 Å². The van der Waals surface area contributed by atoms with Gasteiger partial charge in [0.05, 0.1) is 0 Å². The molecule has 62 valence electrons. The Balaban J connectivity index is 0.000000184. The van der Waals surface area contributed by atoms with Crippen molar-refractivity contribution < 1.29 is 0 Å². The minimum Gasteiger partial charge on any atom is -0.181 e. The van der Waals surface area contributed by atoms with E-state index in [4.69, 9.17) is 10.5 Å². The summed E-state index contributed by atoms with van der Waals surface area (Å²) in [4.78, 5) is 0. The van der Waals surface area contributed by atoms with Crippen molar-refractivity contribution in [3.8, 4) is 12.1 Å². The van der Waals surface area contributed by atoms with Crippen LogP contribution >= 0.6 is 0 Å². The second-order valence-corrected chi connectivity index (χ2v) is 2.53. The molecule has 0 aliphatic heterocycles. The molecule has 0 unspecified atom stereocenters. The van der Waals surface area contributed by atoms with E-state index in [0.717, 1.165) is 6.42 Å². The van der Waals surface area contributed by atoms with Crippen LogP contribution in [0.2, 0.25) is 0 Å². The Morgan fingerprint density at radius 2 is 1.77 bits per heavy atom. The smallest absolute Gasteiger partial charge is 0.181 e. The Kier molecular flexibility index (Phi) is 3.30. The van der Waals surface area contributed by atoms with Crippen LogP contribution in [0, 0.1) is 22.7 Å². The van der Waals surface area contributed by atoms with Gasteiger partial charge in [0.15, 0.2) is 12.1 Å². The van der Waals surface area contributed by atoms with Crippen LogP contribution in [0.4, 0.5) is 0 Å². The fraction of sp³-hybridized carbons (Fsp3) is 0.0909. The van der Waals surface area contributed by atoms with E-state index in [1.165, 1.54) is 23.3 Å². The first-order chi connectivity index (χ1) is 6.38. The first-order valence-corrected chi connectivity index (χ1v) is 3.91. The summed E-state index contributed by atoms with van der Waals surface area (Å²) in [6.07, 6.45) is 5.50. The molecule has 0 bridgehead atoms. The summed E-state index contributed by atoms with van der Waals surface area (Å²) in [5.74, 6) is 0. The molecule has 2 rings (SSSR count). The van der Waals surface area contributed by atoms with Gasteiger partial charge in [-0.25, -0.2) is 0 Å². The fourth-order valence-corrected chi connectivity index (χ4v) is 1.20. The van der Waals surface area contributed by atoms with Crippen molar-refractivity contribution in [3.05, 3.63) is 41.5 Å². The second-order valence-electron chi connectivity index (χ2n) is 2.53. The topological polar surface area (TPSA) is 47.6 Å². The summed E-state index contributed by atoms with van der Waals surface area (Å²) in [7, 11) is 0. The van der Waals surface area contributed by atoms with E-state index in [-0.39, 0.29) is 0 Å².